The van der Waals surface area contributed by atoms with Gasteiger partial charge in [0, 0.05) is 27.2 Å². The zero-order chi connectivity index (χ0) is 20.9. The minimum absolute atomic E-state index is 0.132. The molecule has 1 aliphatic heterocycles. The van der Waals surface area contributed by atoms with E-state index >= 15 is 0 Å². The maximum absolute atomic E-state index is 11.7. The highest BCUT2D eigenvalue weighted by Crippen LogP contribution is 2.36. The van der Waals surface area contributed by atoms with Gasteiger partial charge in [0.1, 0.15) is 6.10 Å². The SMILES string of the molecule is CC(=O)O[C@H]1[C@H](OC(C)=O)[C@@H](CO)O[C@](O)(Cc2ccccc2)[C@@H]1OC(C)=O. The predicted octanol–water partition coefficient (Wildman–Crippen LogP) is 0.104. The van der Waals surface area contributed by atoms with Crippen molar-refractivity contribution in [2.75, 3.05) is 6.61 Å². The third kappa shape index (κ3) is 5.28. The average Bonchev–Trinajstić information content (AvgIpc) is 2.60. The third-order valence-electron chi connectivity index (χ3n) is 4.17. The van der Waals surface area contributed by atoms with Gasteiger partial charge in [-0.05, 0) is 5.56 Å². The molecule has 0 aromatic heterocycles. The standard InChI is InChI=1S/C19H24O9/c1-11(21)25-16-15(10-20)28-19(24,9-14-7-5-4-6-8-14)18(27-13(3)23)17(16)26-12(2)22/h4-8,15-18,20,24H,9-10H2,1-3H3/t15-,16-,17+,18-,19-/m1/s1. The topological polar surface area (TPSA) is 129 Å². The Morgan fingerprint density at radius 2 is 1.50 bits per heavy atom. The Hall–Kier alpha value is -2.49. The van der Waals surface area contributed by atoms with Crippen molar-refractivity contribution in [3.8, 4) is 0 Å². The van der Waals surface area contributed by atoms with Crippen molar-refractivity contribution in [2.45, 2.75) is 57.4 Å². The van der Waals surface area contributed by atoms with Crippen LogP contribution >= 0.6 is 0 Å². The Labute approximate surface area is 162 Å². The number of carbonyl (C=O) groups excluding carboxylic acids is 3. The zero-order valence-electron chi connectivity index (χ0n) is 15.9. The van der Waals surface area contributed by atoms with E-state index in [4.69, 9.17) is 18.9 Å². The van der Waals surface area contributed by atoms with Crippen LogP contribution < -0.4 is 0 Å². The molecule has 0 saturated carbocycles. The first kappa shape index (κ1) is 21.8. The van der Waals surface area contributed by atoms with Crippen molar-refractivity contribution < 1.29 is 43.5 Å². The summed E-state index contributed by atoms with van der Waals surface area (Å²) in [6.45, 7) is 2.73. The van der Waals surface area contributed by atoms with Crippen molar-refractivity contribution in [2.24, 2.45) is 0 Å². The van der Waals surface area contributed by atoms with Crippen LogP contribution in [0.15, 0.2) is 30.3 Å². The summed E-state index contributed by atoms with van der Waals surface area (Å²) in [7, 11) is 0. The molecule has 0 radical (unpaired) electrons. The van der Waals surface area contributed by atoms with E-state index < -0.39 is 54.7 Å². The Morgan fingerprint density at radius 1 is 0.964 bits per heavy atom. The van der Waals surface area contributed by atoms with E-state index in [0.29, 0.717) is 5.56 Å². The molecule has 1 aromatic rings. The molecule has 1 saturated heterocycles. The number of carbonyl (C=O) groups is 3. The summed E-state index contributed by atoms with van der Waals surface area (Å²) in [5, 5.41) is 20.9. The number of rotatable bonds is 6. The Bertz CT molecular complexity index is 705. The fourth-order valence-electron chi connectivity index (χ4n) is 3.20. The molecule has 2 rings (SSSR count). The molecule has 9 heteroatoms. The molecule has 0 spiro atoms. The van der Waals surface area contributed by atoms with Gasteiger partial charge >= 0.3 is 17.9 Å². The van der Waals surface area contributed by atoms with Crippen LogP contribution in [0.3, 0.4) is 0 Å². The van der Waals surface area contributed by atoms with Crippen LogP contribution in [0.4, 0.5) is 0 Å². The smallest absolute Gasteiger partial charge is 0.303 e. The summed E-state index contributed by atoms with van der Waals surface area (Å²) >= 11 is 0. The Kier molecular flexibility index (Phi) is 7.11. The second-order valence-electron chi connectivity index (χ2n) is 6.52. The quantitative estimate of drug-likeness (QED) is 0.508. The summed E-state index contributed by atoms with van der Waals surface area (Å²) in [6, 6.07) is 8.72. The van der Waals surface area contributed by atoms with Gasteiger partial charge in [0.05, 0.1) is 6.61 Å². The highest BCUT2D eigenvalue weighted by molar-refractivity contribution is 5.68. The molecular formula is C19H24O9. The average molecular weight is 396 g/mol. The van der Waals surface area contributed by atoms with Gasteiger partial charge in [0.15, 0.2) is 18.3 Å². The molecule has 2 N–H and O–H groups in total. The number of hydrogen-bond acceptors (Lipinski definition) is 9. The van der Waals surface area contributed by atoms with Gasteiger partial charge in [-0.2, -0.15) is 0 Å². The molecule has 0 amide bonds. The minimum Gasteiger partial charge on any atom is -0.456 e. The molecule has 154 valence electrons. The van der Waals surface area contributed by atoms with Gasteiger partial charge in [-0.3, -0.25) is 14.4 Å². The van der Waals surface area contributed by atoms with Gasteiger partial charge in [0.25, 0.3) is 0 Å². The zero-order valence-corrected chi connectivity index (χ0v) is 15.9. The molecule has 5 atom stereocenters. The number of aliphatic hydroxyl groups excluding tert-OH is 1. The molecule has 1 aliphatic rings. The van der Waals surface area contributed by atoms with Crippen molar-refractivity contribution in [1.82, 2.24) is 0 Å². The highest BCUT2D eigenvalue weighted by Gasteiger charge is 2.59. The van der Waals surface area contributed by atoms with E-state index in [1.54, 1.807) is 30.3 Å². The maximum atomic E-state index is 11.7. The lowest BCUT2D eigenvalue weighted by atomic mass is 9.88. The van der Waals surface area contributed by atoms with Crippen molar-refractivity contribution in [3.05, 3.63) is 35.9 Å². The number of esters is 3. The van der Waals surface area contributed by atoms with Gasteiger partial charge in [-0.25, -0.2) is 0 Å². The Balaban J connectivity index is 2.48. The van der Waals surface area contributed by atoms with Crippen LogP contribution in [-0.2, 0) is 39.8 Å². The van der Waals surface area contributed by atoms with Crippen LogP contribution in [0.1, 0.15) is 26.3 Å². The minimum atomic E-state index is -2.14. The molecule has 28 heavy (non-hydrogen) atoms. The predicted molar refractivity (Wildman–Crippen MR) is 93.7 cm³/mol. The molecule has 9 nitrogen and oxygen atoms in total. The summed E-state index contributed by atoms with van der Waals surface area (Å²) in [5.41, 5.74) is 0.645. The van der Waals surface area contributed by atoms with E-state index in [9.17, 15) is 24.6 Å². The number of aliphatic hydroxyl groups is 2. The first-order chi connectivity index (χ1) is 13.2. The van der Waals surface area contributed by atoms with Crippen LogP contribution in [-0.4, -0.2) is 64.9 Å². The molecule has 1 fully saturated rings. The molecule has 1 aromatic carbocycles. The second-order valence-corrected chi connectivity index (χ2v) is 6.52. The Morgan fingerprint density at radius 3 is 2.00 bits per heavy atom. The van der Waals surface area contributed by atoms with Crippen molar-refractivity contribution >= 4 is 17.9 Å². The fourth-order valence-corrected chi connectivity index (χ4v) is 3.20. The number of benzene rings is 1. The van der Waals surface area contributed by atoms with Gasteiger partial charge in [-0.15, -0.1) is 0 Å². The molecule has 0 unspecified atom stereocenters. The lowest BCUT2D eigenvalue weighted by Gasteiger charge is -2.48. The van der Waals surface area contributed by atoms with Crippen LogP contribution in [0, 0.1) is 0 Å². The summed E-state index contributed by atoms with van der Waals surface area (Å²) in [4.78, 5) is 34.8. The number of ether oxygens (including phenoxy) is 4. The van der Waals surface area contributed by atoms with Crippen molar-refractivity contribution in [3.63, 3.8) is 0 Å². The van der Waals surface area contributed by atoms with Crippen LogP contribution in [0.5, 0.6) is 0 Å². The van der Waals surface area contributed by atoms with Crippen molar-refractivity contribution in [1.29, 1.82) is 0 Å². The third-order valence-corrected chi connectivity index (χ3v) is 4.17. The lowest BCUT2D eigenvalue weighted by molar-refractivity contribution is -0.351. The monoisotopic (exact) mass is 396 g/mol. The molecular weight excluding hydrogens is 372 g/mol. The summed E-state index contributed by atoms with van der Waals surface area (Å²) < 4.78 is 21.3. The van der Waals surface area contributed by atoms with Gasteiger partial charge < -0.3 is 29.2 Å². The second kappa shape index (κ2) is 9.13. The molecule has 1 heterocycles. The first-order valence-corrected chi connectivity index (χ1v) is 8.73. The summed E-state index contributed by atoms with van der Waals surface area (Å²) in [6.07, 6.45) is -5.51. The van der Waals surface area contributed by atoms with E-state index in [1.165, 1.54) is 0 Å². The summed E-state index contributed by atoms with van der Waals surface area (Å²) in [5.74, 6) is -4.38. The largest absolute Gasteiger partial charge is 0.456 e. The fraction of sp³-hybridized carbons (Fsp3) is 0.526. The van der Waals surface area contributed by atoms with Gasteiger partial charge in [0.2, 0.25) is 5.79 Å². The highest BCUT2D eigenvalue weighted by atomic mass is 16.7. The van der Waals surface area contributed by atoms with Gasteiger partial charge in [-0.1, -0.05) is 30.3 Å². The normalized spacial score (nSPS) is 29.6. The van der Waals surface area contributed by atoms with E-state index in [0.717, 1.165) is 20.8 Å². The number of hydrogen-bond donors (Lipinski definition) is 2. The first-order valence-electron chi connectivity index (χ1n) is 8.73. The molecule has 0 aliphatic carbocycles. The van der Waals surface area contributed by atoms with Crippen LogP contribution in [0.25, 0.3) is 0 Å². The molecule has 0 bridgehead atoms. The van der Waals surface area contributed by atoms with E-state index in [1.807, 2.05) is 0 Å². The van der Waals surface area contributed by atoms with E-state index in [-0.39, 0.29) is 6.42 Å². The lowest BCUT2D eigenvalue weighted by Crippen LogP contribution is -2.68. The van der Waals surface area contributed by atoms with E-state index in [2.05, 4.69) is 0 Å². The maximum Gasteiger partial charge on any atom is 0.303 e. The van der Waals surface area contributed by atoms with Crippen LogP contribution in [0.2, 0.25) is 0 Å².